The molecular weight excluding hydrogens is 272 g/mol. The number of hydrogen-bond acceptors (Lipinski definition) is 0. The monoisotopic (exact) mass is 282 g/mol. The first-order valence-corrected chi connectivity index (χ1v) is 6.13. The van der Waals surface area contributed by atoms with Crippen molar-refractivity contribution in [3.8, 4) is 11.8 Å². The Morgan fingerprint density at radius 3 is 2.35 bits per heavy atom. The highest BCUT2D eigenvalue weighted by molar-refractivity contribution is 9.10. The molecule has 0 spiro atoms. The van der Waals surface area contributed by atoms with Crippen molar-refractivity contribution < 1.29 is 0 Å². The zero-order valence-corrected chi connectivity index (χ0v) is 10.8. The van der Waals surface area contributed by atoms with Gasteiger partial charge in [0, 0.05) is 10.0 Å². The van der Waals surface area contributed by atoms with E-state index in [4.69, 9.17) is 0 Å². The van der Waals surface area contributed by atoms with Gasteiger partial charge in [-0.1, -0.05) is 64.2 Å². The highest BCUT2D eigenvalue weighted by Crippen LogP contribution is 2.16. The number of allylic oxidation sites excluding steroid dienone is 1. The normalized spacial score (nSPS) is 9.94. The van der Waals surface area contributed by atoms with Crippen LogP contribution in [0.2, 0.25) is 0 Å². The molecule has 0 radical (unpaired) electrons. The lowest BCUT2D eigenvalue weighted by atomic mass is 10.2. The van der Waals surface area contributed by atoms with Gasteiger partial charge in [0.05, 0.1) is 0 Å². The Balaban J connectivity index is 2.09. The van der Waals surface area contributed by atoms with Crippen LogP contribution in [0.3, 0.4) is 0 Å². The molecule has 0 aliphatic heterocycles. The predicted molar refractivity (Wildman–Crippen MR) is 76.5 cm³/mol. The number of rotatable bonds is 1. The van der Waals surface area contributed by atoms with Crippen LogP contribution in [0, 0.1) is 11.8 Å². The molecule has 0 nitrogen and oxygen atoms in total. The van der Waals surface area contributed by atoms with Crippen LogP contribution in [-0.2, 0) is 0 Å². The molecule has 2 aromatic carbocycles. The standard InChI is InChI=1S/C16H11Br/c17-16-13-7-6-12-15(16)11-5-4-10-14-8-2-1-3-9-14/h1-3,5-9,11-13H/b11-5-. The Kier molecular flexibility index (Phi) is 4.18. The van der Waals surface area contributed by atoms with Crippen molar-refractivity contribution >= 4 is 22.0 Å². The molecule has 0 heterocycles. The van der Waals surface area contributed by atoms with Gasteiger partial charge < -0.3 is 0 Å². The fraction of sp³-hybridized carbons (Fsp3) is 0. The van der Waals surface area contributed by atoms with E-state index in [1.807, 2.05) is 66.7 Å². The third-order valence-corrected chi connectivity index (χ3v) is 2.96. The zero-order chi connectivity index (χ0) is 11.9. The Bertz CT molecular complexity index is 571. The fourth-order valence-electron chi connectivity index (χ4n) is 1.39. The van der Waals surface area contributed by atoms with Crippen molar-refractivity contribution in [2.45, 2.75) is 0 Å². The summed E-state index contributed by atoms with van der Waals surface area (Å²) in [5, 5.41) is 0. The van der Waals surface area contributed by atoms with Gasteiger partial charge in [-0.25, -0.2) is 0 Å². The second-order valence-electron chi connectivity index (χ2n) is 3.49. The maximum absolute atomic E-state index is 3.49. The van der Waals surface area contributed by atoms with Crippen molar-refractivity contribution in [2.75, 3.05) is 0 Å². The summed E-state index contributed by atoms with van der Waals surface area (Å²) in [5.41, 5.74) is 2.17. The lowest BCUT2D eigenvalue weighted by molar-refractivity contribution is 1.60. The molecular formula is C16H11Br. The van der Waals surface area contributed by atoms with E-state index in [1.165, 1.54) is 0 Å². The van der Waals surface area contributed by atoms with Gasteiger partial charge in [0.25, 0.3) is 0 Å². The first-order valence-electron chi connectivity index (χ1n) is 5.34. The molecule has 2 aromatic rings. The van der Waals surface area contributed by atoms with Crippen LogP contribution >= 0.6 is 15.9 Å². The molecule has 0 fully saturated rings. The molecule has 0 bridgehead atoms. The van der Waals surface area contributed by atoms with Crippen molar-refractivity contribution in [1.82, 2.24) is 0 Å². The van der Waals surface area contributed by atoms with Gasteiger partial charge in [-0.15, -0.1) is 0 Å². The van der Waals surface area contributed by atoms with Crippen LogP contribution in [0.1, 0.15) is 11.1 Å². The molecule has 0 aliphatic carbocycles. The molecule has 0 aliphatic rings. The second-order valence-corrected chi connectivity index (χ2v) is 4.34. The molecule has 0 unspecified atom stereocenters. The first kappa shape index (κ1) is 11.7. The Morgan fingerprint density at radius 1 is 0.882 bits per heavy atom. The molecule has 82 valence electrons. The Hall–Kier alpha value is -1.78. The van der Waals surface area contributed by atoms with Gasteiger partial charge in [-0.3, -0.25) is 0 Å². The lowest BCUT2D eigenvalue weighted by Crippen LogP contribution is -1.73. The van der Waals surface area contributed by atoms with Crippen molar-refractivity contribution in [3.05, 3.63) is 76.3 Å². The van der Waals surface area contributed by atoms with Gasteiger partial charge in [0.2, 0.25) is 0 Å². The van der Waals surface area contributed by atoms with Crippen LogP contribution in [-0.4, -0.2) is 0 Å². The minimum absolute atomic E-state index is 1.03. The molecule has 17 heavy (non-hydrogen) atoms. The van der Waals surface area contributed by atoms with E-state index >= 15 is 0 Å². The molecule has 0 atom stereocenters. The fourth-order valence-corrected chi connectivity index (χ4v) is 1.81. The van der Waals surface area contributed by atoms with Gasteiger partial charge in [0.1, 0.15) is 0 Å². The quantitative estimate of drug-likeness (QED) is 0.675. The Labute approximate surface area is 110 Å². The summed E-state index contributed by atoms with van der Waals surface area (Å²) in [5.74, 6) is 6.11. The van der Waals surface area contributed by atoms with E-state index in [2.05, 4.69) is 27.8 Å². The molecule has 1 heteroatoms. The van der Waals surface area contributed by atoms with Gasteiger partial charge in [-0.05, 0) is 35.9 Å². The largest absolute Gasteiger partial charge is 0.0696 e. The summed E-state index contributed by atoms with van der Waals surface area (Å²) in [6.45, 7) is 0. The zero-order valence-electron chi connectivity index (χ0n) is 9.23. The van der Waals surface area contributed by atoms with Crippen LogP contribution in [0.5, 0.6) is 0 Å². The van der Waals surface area contributed by atoms with E-state index in [1.54, 1.807) is 0 Å². The van der Waals surface area contributed by atoms with Crippen molar-refractivity contribution in [1.29, 1.82) is 0 Å². The predicted octanol–water partition coefficient (Wildman–Crippen LogP) is 4.51. The third kappa shape index (κ3) is 3.62. The molecule has 0 N–H and O–H groups in total. The van der Waals surface area contributed by atoms with Crippen LogP contribution in [0.15, 0.2) is 65.1 Å². The van der Waals surface area contributed by atoms with Gasteiger partial charge >= 0.3 is 0 Å². The molecule has 0 saturated carbocycles. The van der Waals surface area contributed by atoms with E-state index in [0.29, 0.717) is 0 Å². The maximum atomic E-state index is 3.49. The summed E-state index contributed by atoms with van der Waals surface area (Å²) >= 11 is 3.49. The Morgan fingerprint density at radius 2 is 1.59 bits per heavy atom. The van der Waals surface area contributed by atoms with Crippen LogP contribution in [0.25, 0.3) is 6.08 Å². The summed E-state index contributed by atoms with van der Waals surface area (Å²) in [6, 6.07) is 18.0. The van der Waals surface area contributed by atoms with E-state index in [-0.39, 0.29) is 0 Å². The average molecular weight is 283 g/mol. The topological polar surface area (TPSA) is 0 Å². The van der Waals surface area contributed by atoms with Gasteiger partial charge in [0.15, 0.2) is 0 Å². The molecule has 0 aromatic heterocycles. The van der Waals surface area contributed by atoms with Crippen LogP contribution < -0.4 is 0 Å². The SMILES string of the molecule is Brc1ccccc1/C=C\C#Cc1ccccc1. The summed E-state index contributed by atoms with van der Waals surface area (Å²) in [7, 11) is 0. The highest BCUT2D eigenvalue weighted by atomic mass is 79.9. The highest BCUT2D eigenvalue weighted by Gasteiger charge is 1.90. The number of benzene rings is 2. The summed E-state index contributed by atoms with van der Waals surface area (Å²) in [4.78, 5) is 0. The molecule has 0 saturated heterocycles. The summed E-state index contributed by atoms with van der Waals surface area (Å²) < 4.78 is 1.08. The van der Waals surface area contributed by atoms with Crippen LogP contribution in [0.4, 0.5) is 0 Å². The second kappa shape index (κ2) is 6.08. The summed E-state index contributed by atoms with van der Waals surface area (Å²) in [6.07, 6.45) is 3.87. The first-order chi connectivity index (χ1) is 8.36. The molecule has 0 amide bonds. The van der Waals surface area contributed by atoms with Gasteiger partial charge in [-0.2, -0.15) is 0 Å². The minimum Gasteiger partial charge on any atom is -0.0696 e. The number of halogens is 1. The smallest absolute Gasteiger partial charge is 0.0248 e. The van der Waals surface area contributed by atoms with E-state index in [0.717, 1.165) is 15.6 Å². The van der Waals surface area contributed by atoms with E-state index in [9.17, 15) is 0 Å². The minimum atomic E-state index is 1.03. The average Bonchev–Trinajstić information content (AvgIpc) is 2.38. The maximum Gasteiger partial charge on any atom is 0.0248 e. The van der Waals surface area contributed by atoms with Crippen molar-refractivity contribution in [2.24, 2.45) is 0 Å². The molecule has 2 rings (SSSR count). The van der Waals surface area contributed by atoms with Crippen molar-refractivity contribution in [3.63, 3.8) is 0 Å². The van der Waals surface area contributed by atoms with E-state index < -0.39 is 0 Å². The third-order valence-electron chi connectivity index (χ3n) is 2.24. The number of hydrogen-bond donors (Lipinski definition) is 0. The lowest BCUT2D eigenvalue weighted by Gasteiger charge is -1.94.